The predicted molar refractivity (Wildman–Crippen MR) is 124 cm³/mol. The number of aryl methyl sites for hydroxylation is 1. The maximum Gasteiger partial charge on any atom is 0.342 e. The molecule has 162 valence electrons. The summed E-state index contributed by atoms with van der Waals surface area (Å²) in [4.78, 5) is 15.9. The number of benzene rings is 3. The van der Waals surface area contributed by atoms with E-state index in [1.54, 1.807) is 38.3 Å². The van der Waals surface area contributed by atoms with E-state index >= 15 is 0 Å². The van der Waals surface area contributed by atoms with Crippen LogP contribution in [-0.4, -0.2) is 33.4 Å². The lowest BCUT2D eigenvalue weighted by molar-refractivity contribution is -0.131. The Balaban J connectivity index is 1.55. The molecule has 0 unspecified atom stereocenters. The van der Waals surface area contributed by atoms with Gasteiger partial charge in [-0.25, -0.2) is 9.78 Å². The van der Waals surface area contributed by atoms with Crippen molar-refractivity contribution in [2.75, 3.05) is 7.11 Å². The normalized spacial score (nSPS) is 11.5. The second kappa shape index (κ2) is 9.57. The number of thioether (sulfide) groups is 1. The summed E-state index contributed by atoms with van der Waals surface area (Å²) in [5.41, 5.74) is 1.73. The SMILES string of the molecule is COc1cc(/C=C(\Sc2n[nH]c(C)n2)C(=O)O)ccc1OCc1cccc2ccccc12. The number of aromatic nitrogens is 3. The molecule has 1 aromatic heterocycles. The predicted octanol–water partition coefficient (Wildman–Crippen LogP) is 5.07. The number of fused-ring (bicyclic) bond motifs is 1. The highest BCUT2D eigenvalue weighted by atomic mass is 32.2. The lowest BCUT2D eigenvalue weighted by Gasteiger charge is -2.13. The number of carbonyl (C=O) groups is 1. The quantitative estimate of drug-likeness (QED) is 0.287. The fourth-order valence-electron chi connectivity index (χ4n) is 3.22. The first-order chi connectivity index (χ1) is 15.5. The molecule has 0 aliphatic carbocycles. The highest BCUT2D eigenvalue weighted by molar-refractivity contribution is 8.04. The van der Waals surface area contributed by atoms with Crippen molar-refractivity contribution in [1.82, 2.24) is 15.2 Å². The number of hydrogen-bond donors (Lipinski definition) is 2. The van der Waals surface area contributed by atoms with Crippen LogP contribution < -0.4 is 9.47 Å². The third-order valence-corrected chi connectivity index (χ3v) is 5.61. The molecule has 0 radical (unpaired) electrons. The Kier molecular flexibility index (Phi) is 6.42. The molecule has 0 amide bonds. The van der Waals surface area contributed by atoms with Gasteiger partial charge in [-0.2, -0.15) is 0 Å². The van der Waals surface area contributed by atoms with Crippen molar-refractivity contribution < 1.29 is 19.4 Å². The summed E-state index contributed by atoms with van der Waals surface area (Å²) in [7, 11) is 1.55. The largest absolute Gasteiger partial charge is 0.493 e. The number of aliphatic carboxylic acids is 1. The zero-order valence-electron chi connectivity index (χ0n) is 17.5. The molecule has 0 atom stereocenters. The van der Waals surface area contributed by atoms with E-state index in [2.05, 4.69) is 33.4 Å². The van der Waals surface area contributed by atoms with Gasteiger partial charge in [0.05, 0.1) is 7.11 Å². The molecule has 2 N–H and O–H groups in total. The highest BCUT2D eigenvalue weighted by Gasteiger charge is 2.14. The van der Waals surface area contributed by atoms with Gasteiger partial charge in [-0.05, 0) is 58.8 Å². The molecule has 0 fully saturated rings. The maximum atomic E-state index is 11.7. The third-order valence-electron chi connectivity index (χ3n) is 4.74. The lowest BCUT2D eigenvalue weighted by Crippen LogP contribution is -1.99. The Hall–Kier alpha value is -3.78. The van der Waals surface area contributed by atoms with Crippen LogP contribution in [0, 0.1) is 6.92 Å². The number of aromatic amines is 1. The minimum absolute atomic E-state index is 0.0930. The van der Waals surface area contributed by atoms with Gasteiger partial charge in [-0.1, -0.05) is 48.5 Å². The van der Waals surface area contributed by atoms with E-state index in [1.165, 1.54) is 0 Å². The molecular weight excluding hydrogens is 426 g/mol. The molecule has 0 spiro atoms. The minimum Gasteiger partial charge on any atom is -0.493 e. The molecule has 3 aromatic carbocycles. The zero-order chi connectivity index (χ0) is 22.5. The first-order valence-electron chi connectivity index (χ1n) is 9.83. The Bertz CT molecular complexity index is 1290. The third kappa shape index (κ3) is 4.92. The number of ether oxygens (including phenoxy) is 2. The van der Waals surface area contributed by atoms with Crippen molar-refractivity contribution >= 4 is 34.6 Å². The number of nitrogens with zero attached hydrogens (tertiary/aromatic N) is 2. The van der Waals surface area contributed by atoms with E-state index in [-0.39, 0.29) is 4.91 Å². The summed E-state index contributed by atoms with van der Waals surface area (Å²) < 4.78 is 11.5. The van der Waals surface area contributed by atoms with Crippen LogP contribution in [0.2, 0.25) is 0 Å². The van der Waals surface area contributed by atoms with Crippen LogP contribution in [0.5, 0.6) is 11.5 Å². The molecule has 0 saturated carbocycles. The summed E-state index contributed by atoms with van der Waals surface area (Å²) >= 11 is 0.975. The summed E-state index contributed by atoms with van der Waals surface area (Å²) in [5.74, 6) is 0.647. The van der Waals surface area contributed by atoms with Gasteiger partial charge in [0.2, 0.25) is 5.16 Å². The van der Waals surface area contributed by atoms with Gasteiger partial charge < -0.3 is 14.6 Å². The lowest BCUT2D eigenvalue weighted by atomic mass is 10.1. The van der Waals surface area contributed by atoms with Crippen LogP contribution in [0.4, 0.5) is 0 Å². The molecule has 32 heavy (non-hydrogen) atoms. The van der Waals surface area contributed by atoms with Gasteiger partial charge in [0.25, 0.3) is 0 Å². The average molecular weight is 448 g/mol. The van der Waals surface area contributed by atoms with Gasteiger partial charge >= 0.3 is 5.97 Å². The van der Waals surface area contributed by atoms with Crippen molar-refractivity contribution in [2.45, 2.75) is 18.7 Å². The molecule has 7 nitrogen and oxygen atoms in total. The number of nitrogens with one attached hydrogen (secondary N) is 1. The molecule has 8 heteroatoms. The first kappa shape index (κ1) is 21.5. The van der Waals surface area contributed by atoms with Crippen LogP contribution in [0.1, 0.15) is 17.0 Å². The van der Waals surface area contributed by atoms with Crippen molar-refractivity contribution in [3.63, 3.8) is 0 Å². The number of hydrogen-bond acceptors (Lipinski definition) is 6. The van der Waals surface area contributed by atoms with Gasteiger partial charge in [0.1, 0.15) is 17.3 Å². The fraction of sp³-hybridized carbons (Fsp3) is 0.125. The molecule has 1 heterocycles. The molecule has 0 saturated heterocycles. The summed E-state index contributed by atoms with van der Waals surface area (Å²) in [5, 5.41) is 18.9. The van der Waals surface area contributed by atoms with Gasteiger partial charge in [0, 0.05) is 0 Å². The molecule has 4 rings (SSSR count). The second-order valence-electron chi connectivity index (χ2n) is 6.96. The van der Waals surface area contributed by atoms with E-state index in [1.807, 2.05) is 24.3 Å². The Morgan fingerprint density at radius 1 is 1.12 bits per heavy atom. The van der Waals surface area contributed by atoms with E-state index in [4.69, 9.17) is 9.47 Å². The van der Waals surface area contributed by atoms with Crippen LogP contribution in [0.25, 0.3) is 16.8 Å². The van der Waals surface area contributed by atoms with Gasteiger partial charge in [-0.15, -0.1) is 5.10 Å². The van der Waals surface area contributed by atoms with E-state index < -0.39 is 5.97 Å². The molecule has 0 aliphatic rings. The average Bonchev–Trinajstić information content (AvgIpc) is 3.22. The molecular formula is C24H21N3O4S. The van der Waals surface area contributed by atoms with Gasteiger partial charge in [0.15, 0.2) is 11.5 Å². The van der Waals surface area contributed by atoms with E-state index in [0.717, 1.165) is 28.1 Å². The molecule has 0 aliphatic heterocycles. The maximum absolute atomic E-state index is 11.7. The summed E-state index contributed by atoms with van der Waals surface area (Å²) in [6.45, 7) is 2.14. The fourth-order valence-corrected chi connectivity index (χ4v) is 3.97. The van der Waals surface area contributed by atoms with Crippen molar-refractivity contribution in [3.8, 4) is 11.5 Å². The number of carboxylic acids is 1. The van der Waals surface area contributed by atoms with Crippen molar-refractivity contribution in [3.05, 3.63) is 82.5 Å². The standard InChI is InChI=1S/C24H21N3O4S/c1-15-25-24(27-26-15)32-22(23(28)29)13-16-10-11-20(21(12-16)30-2)31-14-18-8-5-7-17-6-3-4-9-19(17)18/h3-13H,14H2,1-2H3,(H,28,29)(H,25,26,27)/b22-13-. The van der Waals surface area contributed by atoms with Crippen LogP contribution in [0.15, 0.2) is 70.7 Å². The van der Waals surface area contributed by atoms with E-state index in [0.29, 0.717) is 34.7 Å². The van der Waals surface area contributed by atoms with Crippen molar-refractivity contribution in [1.29, 1.82) is 0 Å². The van der Waals surface area contributed by atoms with E-state index in [9.17, 15) is 9.90 Å². The number of carboxylic acid groups (broad SMARTS) is 1. The van der Waals surface area contributed by atoms with Crippen LogP contribution in [0.3, 0.4) is 0 Å². The Morgan fingerprint density at radius 3 is 2.69 bits per heavy atom. The van der Waals surface area contributed by atoms with Crippen molar-refractivity contribution in [2.24, 2.45) is 0 Å². The number of methoxy groups -OCH3 is 1. The minimum atomic E-state index is -1.06. The Labute approximate surface area is 189 Å². The van der Waals surface area contributed by atoms with Crippen LogP contribution in [-0.2, 0) is 11.4 Å². The summed E-state index contributed by atoms with van der Waals surface area (Å²) in [6, 6.07) is 19.6. The second-order valence-corrected chi connectivity index (χ2v) is 7.97. The first-order valence-corrected chi connectivity index (χ1v) is 10.6. The molecule has 0 bridgehead atoms. The van der Waals surface area contributed by atoms with Gasteiger partial charge in [-0.3, -0.25) is 5.10 Å². The number of H-pyrrole nitrogens is 1. The topological polar surface area (TPSA) is 97.3 Å². The van der Waals surface area contributed by atoms with Crippen LogP contribution >= 0.6 is 11.8 Å². The molecule has 4 aromatic rings. The zero-order valence-corrected chi connectivity index (χ0v) is 18.3. The Morgan fingerprint density at radius 2 is 1.94 bits per heavy atom. The number of rotatable bonds is 8. The summed E-state index contributed by atoms with van der Waals surface area (Å²) in [6.07, 6.45) is 1.55. The smallest absolute Gasteiger partial charge is 0.342 e. The highest BCUT2D eigenvalue weighted by Crippen LogP contribution is 2.32. The monoisotopic (exact) mass is 447 g/mol.